The first-order valence-electron chi connectivity index (χ1n) is 21.6. The lowest BCUT2D eigenvalue weighted by molar-refractivity contribution is -0.137. The number of alkyl halides is 3. The van der Waals surface area contributed by atoms with Gasteiger partial charge in [0.15, 0.2) is 11.6 Å². The fraction of sp³-hybridized carbons (Fsp3) is 0.0172. The molecule has 0 aliphatic heterocycles. The molecule has 0 unspecified atom stereocenters. The lowest BCUT2D eigenvalue weighted by Crippen LogP contribution is -2.10. The van der Waals surface area contributed by atoms with E-state index in [-0.39, 0.29) is 22.5 Å². The molecule has 0 amide bonds. The Kier molecular flexibility index (Phi) is 10.2. The number of rotatable bonds is 8. The molecule has 0 atom stereocenters. The van der Waals surface area contributed by atoms with Gasteiger partial charge in [0.1, 0.15) is 0 Å². The van der Waals surface area contributed by atoms with Crippen molar-refractivity contribution in [3.63, 3.8) is 0 Å². The Morgan fingerprint density at radius 3 is 1.36 bits per heavy atom. The Labute approximate surface area is 383 Å². The van der Waals surface area contributed by atoms with Crippen LogP contribution in [0.1, 0.15) is 11.1 Å². The summed E-state index contributed by atoms with van der Waals surface area (Å²) in [7, 11) is 0. The highest BCUT2D eigenvalue weighted by molar-refractivity contribution is 6.11. The van der Waals surface area contributed by atoms with E-state index in [1.807, 2.05) is 187 Å². The van der Waals surface area contributed by atoms with Gasteiger partial charge < -0.3 is 4.57 Å². The van der Waals surface area contributed by atoms with E-state index < -0.39 is 11.7 Å². The van der Waals surface area contributed by atoms with Gasteiger partial charge in [-0.05, 0) is 59.7 Å². The van der Waals surface area contributed by atoms with Crippen LogP contribution < -0.4 is 0 Å². The maximum atomic E-state index is 15.7. The van der Waals surface area contributed by atoms with Crippen molar-refractivity contribution in [2.45, 2.75) is 6.18 Å². The van der Waals surface area contributed by atoms with Gasteiger partial charge in [-0.25, -0.2) is 19.9 Å². The van der Waals surface area contributed by atoms with Gasteiger partial charge in [-0.1, -0.05) is 164 Å². The summed E-state index contributed by atoms with van der Waals surface area (Å²) in [5.41, 5.74) is 8.17. The first-order chi connectivity index (χ1) is 32.8. The third-order valence-corrected chi connectivity index (χ3v) is 11.9. The van der Waals surface area contributed by atoms with Crippen LogP contribution >= 0.6 is 0 Å². The third-order valence-electron chi connectivity index (χ3n) is 11.9. The number of hydrogen-bond donors (Lipinski definition) is 0. The average Bonchev–Trinajstić information content (AvgIpc) is 3.72. The summed E-state index contributed by atoms with van der Waals surface area (Å²) in [6.45, 7) is 0. The molecule has 9 heteroatoms. The molecule has 318 valence electrons. The van der Waals surface area contributed by atoms with Crippen molar-refractivity contribution < 1.29 is 13.2 Å². The Hall–Kier alpha value is -9.00. The van der Waals surface area contributed by atoms with Gasteiger partial charge >= 0.3 is 6.18 Å². The van der Waals surface area contributed by atoms with Gasteiger partial charge in [-0.2, -0.15) is 18.4 Å². The molecule has 0 saturated heterocycles. The van der Waals surface area contributed by atoms with Crippen LogP contribution in [0, 0.1) is 11.3 Å². The number of hydrogen-bond acceptors (Lipinski definition) is 5. The van der Waals surface area contributed by atoms with Crippen molar-refractivity contribution in [3.05, 3.63) is 223 Å². The van der Waals surface area contributed by atoms with E-state index in [9.17, 15) is 5.26 Å². The van der Waals surface area contributed by atoms with Gasteiger partial charge in [0.25, 0.3) is 0 Å². The largest absolute Gasteiger partial charge is 0.416 e. The van der Waals surface area contributed by atoms with Crippen LogP contribution in [0.2, 0.25) is 0 Å². The molecule has 11 rings (SSSR count). The molecule has 8 aromatic carbocycles. The number of fused-ring (bicyclic) bond motifs is 3. The van der Waals surface area contributed by atoms with Gasteiger partial charge in [-0.3, -0.25) is 0 Å². The van der Waals surface area contributed by atoms with E-state index >= 15 is 13.2 Å². The zero-order chi connectivity index (χ0) is 45.5. The normalized spacial score (nSPS) is 11.5. The number of nitriles is 1. The van der Waals surface area contributed by atoms with E-state index in [1.165, 1.54) is 12.1 Å². The van der Waals surface area contributed by atoms with E-state index in [2.05, 4.69) is 6.07 Å². The number of para-hydroxylation sites is 1. The van der Waals surface area contributed by atoms with Crippen molar-refractivity contribution in [1.82, 2.24) is 24.5 Å². The molecule has 11 aromatic rings. The molecular formula is C58H35F3N6. The van der Waals surface area contributed by atoms with Gasteiger partial charge in [0.2, 0.25) is 0 Å². The standard InChI is InChI=1S/C58H35F3N6/c59-58(60,61)44-32-47(51-34-49(38-17-5-1-6-18-38)63-56(65-51)40-21-9-3-10-22-40)55(48(33-44)52-35-50(39-19-7-2-8-20-39)64-57(66-52)41-23-11-4-12-24-41)67-53-27-14-13-26-45(53)46-29-28-43(31-54(46)67)42-25-15-16-37(30-42)36-62/h1-35H. The molecule has 3 aromatic heterocycles. The maximum Gasteiger partial charge on any atom is 0.416 e. The van der Waals surface area contributed by atoms with Gasteiger partial charge in [0, 0.05) is 44.2 Å². The molecule has 0 saturated carbocycles. The molecule has 0 aliphatic carbocycles. The zero-order valence-electron chi connectivity index (χ0n) is 35.5. The van der Waals surface area contributed by atoms with E-state index in [0.717, 1.165) is 44.1 Å². The summed E-state index contributed by atoms with van der Waals surface area (Å²) in [5, 5.41) is 11.6. The molecule has 0 aliphatic rings. The van der Waals surface area contributed by atoms with E-state index in [0.29, 0.717) is 45.4 Å². The Morgan fingerprint density at radius 1 is 0.388 bits per heavy atom. The van der Waals surface area contributed by atoms with Crippen LogP contribution in [-0.2, 0) is 6.18 Å². The monoisotopic (exact) mass is 872 g/mol. The van der Waals surface area contributed by atoms with Crippen molar-refractivity contribution in [3.8, 4) is 90.7 Å². The maximum absolute atomic E-state index is 15.7. The SMILES string of the molecule is N#Cc1cccc(-c2ccc3c4ccccc4n(-c4c(-c5cc(-c6ccccc6)nc(-c6ccccc6)n5)cc(C(F)(F)F)cc4-c4cc(-c5ccccc5)nc(-c5ccccc5)n4)c3c2)c1. The van der Waals surface area contributed by atoms with Crippen molar-refractivity contribution in [2.75, 3.05) is 0 Å². The average molecular weight is 873 g/mol. The number of benzene rings is 8. The molecule has 6 nitrogen and oxygen atoms in total. The fourth-order valence-corrected chi connectivity index (χ4v) is 8.71. The van der Waals surface area contributed by atoms with E-state index in [4.69, 9.17) is 19.9 Å². The first-order valence-corrected chi connectivity index (χ1v) is 21.6. The minimum Gasteiger partial charge on any atom is -0.308 e. The molecule has 0 bridgehead atoms. The van der Waals surface area contributed by atoms with Gasteiger partial charge in [-0.15, -0.1) is 0 Å². The molecule has 3 heterocycles. The number of aromatic nitrogens is 5. The van der Waals surface area contributed by atoms with Gasteiger partial charge in [0.05, 0.1) is 56.7 Å². The highest BCUT2D eigenvalue weighted by atomic mass is 19.4. The third kappa shape index (κ3) is 7.77. The molecule has 0 radical (unpaired) electrons. The zero-order valence-corrected chi connectivity index (χ0v) is 35.5. The highest BCUT2D eigenvalue weighted by Gasteiger charge is 2.35. The van der Waals surface area contributed by atoms with Crippen LogP contribution in [-0.4, -0.2) is 24.5 Å². The van der Waals surface area contributed by atoms with Crippen LogP contribution in [0.5, 0.6) is 0 Å². The summed E-state index contributed by atoms with van der Waals surface area (Å²) in [5.74, 6) is 0.701. The second-order valence-corrected chi connectivity index (χ2v) is 16.1. The topological polar surface area (TPSA) is 80.3 Å². The summed E-state index contributed by atoms with van der Waals surface area (Å²) < 4.78 is 49.3. The van der Waals surface area contributed by atoms with Crippen molar-refractivity contribution >= 4 is 21.8 Å². The highest BCUT2D eigenvalue weighted by Crippen LogP contribution is 2.46. The fourth-order valence-electron chi connectivity index (χ4n) is 8.71. The second-order valence-electron chi connectivity index (χ2n) is 16.1. The lowest BCUT2D eigenvalue weighted by atomic mass is 9.95. The first kappa shape index (κ1) is 40.8. The van der Waals surface area contributed by atoms with Crippen molar-refractivity contribution in [2.24, 2.45) is 0 Å². The molecule has 0 N–H and O–H groups in total. The molecular weight excluding hydrogens is 838 g/mol. The minimum atomic E-state index is -4.78. The predicted octanol–water partition coefficient (Wildman–Crippen LogP) is 14.9. The summed E-state index contributed by atoms with van der Waals surface area (Å²) in [6.07, 6.45) is -4.78. The molecule has 0 spiro atoms. The summed E-state index contributed by atoms with van der Waals surface area (Å²) in [6, 6.07) is 67.5. The molecule has 0 fully saturated rings. The second kappa shape index (κ2) is 16.8. The van der Waals surface area contributed by atoms with Crippen LogP contribution in [0.15, 0.2) is 212 Å². The lowest BCUT2D eigenvalue weighted by Gasteiger charge is -2.22. The van der Waals surface area contributed by atoms with E-state index in [1.54, 1.807) is 18.2 Å². The van der Waals surface area contributed by atoms with Crippen LogP contribution in [0.25, 0.3) is 106 Å². The Balaban J connectivity index is 1.32. The van der Waals surface area contributed by atoms with Crippen LogP contribution in [0.4, 0.5) is 13.2 Å². The predicted molar refractivity (Wildman–Crippen MR) is 260 cm³/mol. The minimum absolute atomic E-state index is 0.210. The number of halogens is 3. The van der Waals surface area contributed by atoms with Crippen molar-refractivity contribution in [1.29, 1.82) is 5.26 Å². The Morgan fingerprint density at radius 2 is 0.836 bits per heavy atom. The summed E-state index contributed by atoms with van der Waals surface area (Å²) >= 11 is 0. The quantitative estimate of drug-likeness (QED) is 0.152. The summed E-state index contributed by atoms with van der Waals surface area (Å²) in [4.78, 5) is 20.3. The van der Waals surface area contributed by atoms with Crippen LogP contribution in [0.3, 0.4) is 0 Å². The Bertz CT molecular complexity index is 3410. The molecule has 67 heavy (non-hydrogen) atoms. The number of nitrogens with zero attached hydrogens (tertiary/aromatic N) is 6. The smallest absolute Gasteiger partial charge is 0.308 e.